The van der Waals surface area contributed by atoms with Gasteiger partial charge in [-0.1, -0.05) is 13.0 Å². The van der Waals surface area contributed by atoms with Crippen molar-refractivity contribution >= 4 is 23.5 Å². The van der Waals surface area contributed by atoms with Crippen molar-refractivity contribution in [3.8, 4) is 6.07 Å². The van der Waals surface area contributed by atoms with Crippen molar-refractivity contribution in [1.82, 2.24) is 9.88 Å². The summed E-state index contributed by atoms with van der Waals surface area (Å²) < 4.78 is 38.0. The number of alkyl halides is 3. The Morgan fingerprint density at radius 3 is 2.70 bits per heavy atom. The molecular weight excluding hydrogens is 379 g/mol. The largest absolute Gasteiger partial charge is 0.417 e. The molecule has 0 radical (unpaired) electrons. The van der Waals surface area contributed by atoms with Crippen molar-refractivity contribution < 1.29 is 22.8 Å². The van der Waals surface area contributed by atoms with Crippen molar-refractivity contribution in [1.29, 1.82) is 5.26 Å². The minimum Gasteiger partial charge on any atom is -0.319 e. The van der Waals surface area contributed by atoms with E-state index in [2.05, 4.69) is 4.98 Å². The summed E-state index contributed by atoms with van der Waals surface area (Å²) in [6, 6.07) is 2.83. The smallest absolute Gasteiger partial charge is 0.319 e. The van der Waals surface area contributed by atoms with Crippen LogP contribution in [-0.2, 0) is 15.8 Å². The first kappa shape index (κ1) is 21.0. The predicted octanol–water partition coefficient (Wildman–Crippen LogP) is 3.53. The molecule has 0 aromatic carbocycles. The van der Waals surface area contributed by atoms with Crippen LogP contribution in [0.25, 0.3) is 0 Å². The van der Waals surface area contributed by atoms with E-state index in [-0.39, 0.29) is 11.6 Å². The molecule has 0 N–H and O–H groups in total. The van der Waals surface area contributed by atoms with Gasteiger partial charge in [0.1, 0.15) is 12.0 Å². The number of allylic oxidation sites excluding steroid dienone is 1. The van der Waals surface area contributed by atoms with Crippen LogP contribution < -0.4 is 0 Å². The Hall–Kier alpha value is -2.34. The molecule has 2 atom stereocenters. The van der Waals surface area contributed by atoms with E-state index < -0.39 is 29.5 Å². The van der Waals surface area contributed by atoms with Gasteiger partial charge in [-0.3, -0.25) is 14.6 Å². The summed E-state index contributed by atoms with van der Waals surface area (Å²) in [6.45, 7) is 3.55. The van der Waals surface area contributed by atoms with E-state index in [4.69, 9.17) is 0 Å². The van der Waals surface area contributed by atoms with Crippen LogP contribution in [0.3, 0.4) is 0 Å². The number of ketones is 1. The zero-order valence-electron chi connectivity index (χ0n) is 14.8. The van der Waals surface area contributed by atoms with Crippen LogP contribution >= 0.6 is 11.8 Å². The maximum absolute atomic E-state index is 12.8. The first-order valence-electron chi connectivity index (χ1n) is 8.22. The van der Waals surface area contributed by atoms with Crippen LogP contribution in [0.1, 0.15) is 37.4 Å². The van der Waals surface area contributed by atoms with Gasteiger partial charge in [0.05, 0.1) is 23.2 Å². The Balaban J connectivity index is 2.24. The van der Waals surface area contributed by atoms with Crippen molar-refractivity contribution in [3.63, 3.8) is 0 Å². The summed E-state index contributed by atoms with van der Waals surface area (Å²) in [7, 11) is 0. The third-order valence-electron chi connectivity index (χ3n) is 4.14. The summed E-state index contributed by atoms with van der Waals surface area (Å²) in [5, 5.41) is 9.40. The zero-order chi connectivity index (χ0) is 20.2. The van der Waals surface area contributed by atoms with E-state index in [0.717, 1.165) is 12.1 Å². The molecule has 0 aliphatic carbocycles. The number of hydrogen-bond donors (Lipinski definition) is 0. The van der Waals surface area contributed by atoms with Gasteiger partial charge < -0.3 is 4.90 Å². The molecule has 2 heterocycles. The molecule has 1 aliphatic heterocycles. The lowest BCUT2D eigenvalue weighted by Crippen LogP contribution is -2.44. The monoisotopic (exact) mass is 397 g/mol. The van der Waals surface area contributed by atoms with Crippen LogP contribution in [0.5, 0.6) is 0 Å². The topological polar surface area (TPSA) is 74.1 Å². The minimum absolute atomic E-state index is 0.0550. The highest BCUT2D eigenvalue weighted by atomic mass is 32.2. The van der Waals surface area contributed by atoms with Crippen molar-refractivity contribution in [2.24, 2.45) is 0 Å². The molecular formula is C18H18F3N3O2S. The Bertz CT molecular complexity index is 785. The van der Waals surface area contributed by atoms with Gasteiger partial charge in [0, 0.05) is 17.5 Å². The molecule has 1 aromatic heterocycles. The van der Waals surface area contributed by atoms with Gasteiger partial charge in [-0.2, -0.15) is 18.4 Å². The second-order valence-electron chi connectivity index (χ2n) is 6.02. The molecule has 2 rings (SSSR count). The lowest BCUT2D eigenvalue weighted by Gasteiger charge is -2.24. The SMILES string of the molecule is CC/C=C(/C)C(=O)N1CSC[C@@H]1C(=O)[C@H](C#N)c1ccc(C(F)(F)F)cn1. The molecule has 5 nitrogen and oxygen atoms in total. The van der Waals surface area contributed by atoms with E-state index in [9.17, 15) is 28.0 Å². The number of aromatic nitrogens is 1. The van der Waals surface area contributed by atoms with Gasteiger partial charge in [0.25, 0.3) is 0 Å². The van der Waals surface area contributed by atoms with Gasteiger partial charge in [0.2, 0.25) is 5.91 Å². The Kier molecular flexibility index (Phi) is 6.65. The fraction of sp³-hybridized carbons (Fsp3) is 0.444. The van der Waals surface area contributed by atoms with Crippen LogP contribution in [0.4, 0.5) is 13.2 Å². The first-order chi connectivity index (χ1) is 12.7. The number of halogens is 3. The highest BCUT2D eigenvalue weighted by Gasteiger charge is 2.39. The average Bonchev–Trinajstić information content (AvgIpc) is 3.11. The fourth-order valence-electron chi connectivity index (χ4n) is 2.71. The van der Waals surface area contributed by atoms with Crippen molar-refractivity contribution in [3.05, 3.63) is 41.2 Å². The van der Waals surface area contributed by atoms with Gasteiger partial charge >= 0.3 is 6.18 Å². The molecule has 0 bridgehead atoms. The number of pyridine rings is 1. The maximum atomic E-state index is 12.8. The molecule has 0 spiro atoms. The molecule has 27 heavy (non-hydrogen) atoms. The molecule has 1 amide bonds. The average molecular weight is 397 g/mol. The molecule has 9 heteroatoms. The van der Waals surface area contributed by atoms with Crippen molar-refractivity contribution in [2.45, 2.75) is 38.4 Å². The number of carbonyl (C=O) groups is 2. The second kappa shape index (κ2) is 8.57. The number of Topliss-reactive ketones (excluding diaryl/α,β-unsaturated/α-hetero) is 1. The Morgan fingerprint density at radius 1 is 1.48 bits per heavy atom. The normalized spacial score (nSPS) is 18.9. The lowest BCUT2D eigenvalue weighted by atomic mass is 9.95. The Labute approximate surface area is 159 Å². The number of thioether (sulfide) groups is 1. The number of nitriles is 1. The highest BCUT2D eigenvalue weighted by Crippen LogP contribution is 2.31. The van der Waals surface area contributed by atoms with E-state index in [0.29, 0.717) is 29.8 Å². The number of carbonyl (C=O) groups excluding carboxylic acids is 2. The van der Waals surface area contributed by atoms with Gasteiger partial charge in [-0.25, -0.2) is 0 Å². The number of amides is 1. The maximum Gasteiger partial charge on any atom is 0.417 e. The molecule has 1 fully saturated rings. The number of hydrogen-bond acceptors (Lipinski definition) is 5. The third kappa shape index (κ3) is 4.69. The summed E-state index contributed by atoms with van der Waals surface area (Å²) >= 11 is 1.39. The van der Waals surface area contributed by atoms with Crippen LogP contribution in [-0.4, -0.2) is 39.2 Å². The Morgan fingerprint density at radius 2 is 2.19 bits per heavy atom. The van der Waals surface area contributed by atoms with E-state index in [1.54, 1.807) is 13.0 Å². The zero-order valence-corrected chi connectivity index (χ0v) is 15.6. The van der Waals surface area contributed by atoms with E-state index >= 15 is 0 Å². The van der Waals surface area contributed by atoms with Crippen LogP contribution in [0.2, 0.25) is 0 Å². The van der Waals surface area contributed by atoms with Gasteiger partial charge in [-0.15, -0.1) is 11.8 Å². The molecule has 1 saturated heterocycles. The van der Waals surface area contributed by atoms with Crippen LogP contribution in [0.15, 0.2) is 30.0 Å². The van der Waals surface area contributed by atoms with Gasteiger partial charge in [-0.05, 0) is 25.5 Å². The second-order valence-corrected chi connectivity index (χ2v) is 7.02. The predicted molar refractivity (Wildman–Crippen MR) is 94.6 cm³/mol. The molecule has 1 aliphatic rings. The van der Waals surface area contributed by atoms with E-state index in [1.165, 1.54) is 16.7 Å². The number of nitrogens with zero attached hydrogens (tertiary/aromatic N) is 3. The molecule has 144 valence electrons. The summed E-state index contributed by atoms with van der Waals surface area (Å²) in [5.74, 6) is -1.49. The minimum atomic E-state index is -4.55. The summed E-state index contributed by atoms with van der Waals surface area (Å²) in [4.78, 5) is 30.4. The summed E-state index contributed by atoms with van der Waals surface area (Å²) in [6.07, 6.45) is -1.51. The lowest BCUT2D eigenvalue weighted by molar-refractivity contribution is -0.137. The highest BCUT2D eigenvalue weighted by molar-refractivity contribution is 7.99. The molecule has 1 aromatic rings. The summed E-state index contributed by atoms with van der Waals surface area (Å²) in [5.41, 5.74) is -0.497. The van der Waals surface area contributed by atoms with Crippen molar-refractivity contribution in [2.75, 3.05) is 11.6 Å². The molecule has 0 saturated carbocycles. The molecule has 0 unspecified atom stereocenters. The quantitative estimate of drug-likeness (QED) is 0.711. The number of rotatable bonds is 5. The fourth-order valence-corrected chi connectivity index (χ4v) is 3.88. The van der Waals surface area contributed by atoms with Crippen LogP contribution in [0, 0.1) is 11.3 Å². The standard InChI is InChI=1S/C18H18F3N3O2S/c1-3-4-11(2)17(26)24-10-27-9-15(24)16(25)13(7-22)14-6-5-12(8-23-14)18(19,20)21/h4-6,8,13,15H,3,9-10H2,1-2H3/b11-4-/t13-,15-/m1/s1. The third-order valence-corrected chi connectivity index (χ3v) is 5.15. The van der Waals surface area contributed by atoms with Gasteiger partial charge in [0.15, 0.2) is 5.78 Å². The first-order valence-corrected chi connectivity index (χ1v) is 9.38. The van der Waals surface area contributed by atoms with E-state index in [1.807, 2.05) is 13.0 Å².